The van der Waals surface area contributed by atoms with Crippen molar-refractivity contribution in [3.8, 4) is 16.9 Å². The number of rotatable bonds is 13. The number of carbonyl (C=O) groups is 2. The van der Waals surface area contributed by atoms with Crippen LogP contribution in [0.25, 0.3) is 11.1 Å². The van der Waals surface area contributed by atoms with Crippen molar-refractivity contribution >= 4 is 23.5 Å². The zero-order valence-corrected chi connectivity index (χ0v) is 26.3. The Kier molecular flexibility index (Phi) is 11.4. The number of methoxy groups -OCH3 is 1. The van der Waals surface area contributed by atoms with E-state index in [4.69, 9.17) is 15.2 Å². The van der Waals surface area contributed by atoms with Gasteiger partial charge < -0.3 is 25.8 Å². The lowest BCUT2D eigenvalue weighted by atomic mass is 9.95. The van der Waals surface area contributed by atoms with Gasteiger partial charge in [0.1, 0.15) is 18.2 Å². The van der Waals surface area contributed by atoms with Crippen molar-refractivity contribution in [3.05, 3.63) is 155 Å². The summed E-state index contributed by atoms with van der Waals surface area (Å²) in [6, 6.07) is 40.8. The Bertz CT molecular complexity index is 1790. The summed E-state index contributed by atoms with van der Waals surface area (Å²) in [7, 11) is 1.63. The molecule has 0 aliphatic heterocycles. The van der Waals surface area contributed by atoms with Crippen molar-refractivity contribution in [1.82, 2.24) is 5.32 Å². The molecule has 0 aliphatic rings. The number of carbonyl (C=O) groups excluding carboxylic acids is 2. The van der Waals surface area contributed by atoms with E-state index in [9.17, 15) is 9.59 Å². The second-order valence-corrected chi connectivity index (χ2v) is 10.9. The summed E-state index contributed by atoms with van der Waals surface area (Å²) in [5, 5.41) is 6.52. The van der Waals surface area contributed by atoms with Gasteiger partial charge in [-0.25, -0.2) is 4.79 Å². The quantitative estimate of drug-likeness (QED) is 0.0966. The van der Waals surface area contributed by atoms with Crippen molar-refractivity contribution in [3.63, 3.8) is 0 Å². The molecule has 8 nitrogen and oxygen atoms in total. The molecule has 0 unspecified atom stereocenters. The minimum atomic E-state index is -0.761. The number of nitrogens with one attached hydrogen (secondary N) is 2. The molecule has 0 heterocycles. The normalized spacial score (nSPS) is 11.0. The molecule has 0 aliphatic carbocycles. The first-order valence-corrected chi connectivity index (χ1v) is 15.4. The maximum absolute atomic E-state index is 13.3. The second-order valence-electron chi connectivity index (χ2n) is 10.9. The molecule has 0 aromatic heterocycles. The topological polar surface area (TPSA) is 115 Å². The van der Waals surface area contributed by atoms with Crippen LogP contribution in [-0.4, -0.2) is 31.5 Å². The molecule has 5 aromatic rings. The summed E-state index contributed by atoms with van der Waals surface area (Å²) in [5.74, 6) is 0.556. The van der Waals surface area contributed by atoms with E-state index in [1.54, 1.807) is 19.2 Å². The lowest BCUT2D eigenvalue weighted by molar-refractivity contribution is -0.120. The number of amides is 2. The van der Waals surface area contributed by atoms with E-state index in [2.05, 4.69) is 27.8 Å². The number of hydrogen-bond donors (Lipinski definition) is 3. The fourth-order valence-corrected chi connectivity index (χ4v) is 5.18. The van der Waals surface area contributed by atoms with Gasteiger partial charge in [0.15, 0.2) is 0 Å². The first-order valence-electron chi connectivity index (χ1n) is 15.4. The molecule has 0 saturated carbocycles. The third kappa shape index (κ3) is 9.31. The van der Waals surface area contributed by atoms with E-state index in [1.807, 2.05) is 103 Å². The number of nitrogens with two attached hydrogens (primary N) is 1. The number of anilines is 1. The van der Waals surface area contributed by atoms with Crippen LogP contribution in [0.5, 0.6) is 5.75 Å². The minimum absolute atomic E-state index is 0.0523. The number of ether oxygens (including phenoxy) is 2. The summed E-state index contributed by atoms with van der Waals surface area (Å²) < 4.78 is 11.1. The van der Waals surface area contributed by atoms with Gasteiger partial charge in [-0.1, -0.05) is 121 Å². The highest BCUT2D eigenvalue weighted by atomic mass is 16.5. The van der Waals surface area contributed by atoms with Gasteiger partial charge in [-0.15, -0.1) is 0 Å². The SMILES string of the molecule is COc1c(NCCc2ccccc2)ccc(-c2ccccc2)c1CC(=O)NCc1ccc(/C(N)=N/C(=O)OCc2ccccc2)cc1. The van der Waals surface area contributed by atoms with E-state index in [-0.39, 0.29) is 24.8 Å². The predicted molar refractivity (Wildman–Crippen MR) is 186 cm³/mol. The average molecular weight is 627 g/mol. The van der Waals surface area contributed by atoms with Crippen molar-refractivity contribution in [2.45, 2.75) is 26.0 Å². The summed E-state index contributed by atoms with van der Waals surface area (Å²) in [6.45, 7) is 1.15. The maximum Gasteiger partial charge on any atom is 0.435 e. The standard InChI is InChI=1S/C39H38N4O4/c1-46-37-34(33(31-15-9-4-10-16-31)21-22-35(37)41-24-23-28-11-5-2-6-12-28)25-36(44)42-26-29-17-19-32(20-18-29)38(40)43-39(45)47-27-30-13-7-3-8-14-30/h2-22,41H,23-27H2,1H3,(H,42,44)(H2,40,43,45). The van der Waals surface area contributed by atoms with Gasteiger partial charge >= 0.3 is 6.09 Å². The van der Waals surface area contributed by atoms with Crippen LogP contribution >= 0.6 is 0 Å². The van der Waals surface area contributed by atoms with Gasteiger partial charge in [0, 0.05) is 24.2 Å². The number of nitrogens with zero attached hydrogens (tertiary/aromatic N) is 1. The van der Waals surface area contributed by atoms with Gasteiger partial charge in [0.2, 0.25) is 5.91 Å². The van der Waals surface area contributed by atoms with Crippen molar-refractivity contribution in [2.75, 3.05) is 19.0 Å². The van der Waals surface area contributed by atoms with E-state index in [0.717, 1.165) is 46.5 Å². The van der Waals surface area contributed by atoms with Gasteiger partial charge in [0.05, 0.1) is 19.2 Å². The van der Waals surface area contributed by atoms with Crippen molar-refractivity contribution in [1.29, 1.82) is 0 Å². The highest BCUT2D eigenvalue weighted by molar-refractivity contribution is 6.02. The number of benzene rings is 5. The van der Waals surface area contributed by atoms with Crippen LogP contribution in [0.2, 0.25) is 0 Å². The zero-order valence-electron chi connectivity index (χ0n) is 26.3. The Hall–Kier alpha value is -5.89. The highest BCUT2D eigenvalue weighted by Crippen LogP contribution is 2.37. The molecule has 5 rings (SSSR count). The fraction of sp³-hybridized carbons (Fsp3) is 0.154. The van der Waals surface area contributed by atoms with Crippen LogP contribution in [0.4, 0.5) is 10.5 Å². The highest BCUT2D eigenvalue weighted by Gasteiger charge is 2.18. The maximum atomic E-state index is 13.3. The van der Waals surface area contributed by atoms with Gasteiger partial charge in [-0.05, 0) is 40.3 Å². The molecule has 8 heteroatoms. The number of hydrogen-bond acceptors (Lipinski definition) is 5. The van der Waals surface area contributed by atoms with Gasteiger partial charge in [-0.3, -0.25) is 4.79 Å². The van der Waals surface area contributed by atoms with Crippen LogP contribution in [0.1, 0.15) is 27.8 Å². The van der Waals surface area contributed by atoms with Crippen molar-refractivity contribution in [2.24, 2.45) is 10.7 Å². The second kappa shape index (κ2) is 16.4. The average Bonchev–Trinajstić information content (AvgIpc) is 3.11. The smallest absolute Gasteiger partial charge is 0.435 e. The summed E-state index contributed by atoms with van der Waals surface area (Å²) in [6.07, 6.45) is 0.225. The Labute approximate surface area is 275 Å². The van der Waals surface area contributed by atoms with Crippen LogP contribution in [0, 0.1) is 0 Å². The number of aliphatic imine (C=N–C) groups is 1. The molecule has 4 N–H and O–H groups in total. The molecule has 238 valence electrons. The summed E-state index contributed by atoms with van der Waals surface area (Å²) in [4.78, 5) is 29.3. The van der Waals surface area contributed by atoms with E-state index >= 15 is 0 Å². The minimum Gasteiger partial charge on any atom is -0.494 e. The Morgan fingerprint density at radius 2 is 1.38 bits per heavy atom. The first-order chi connectivity index (χ1) is 23.0. The molecular weight excluding hydrogens is 588 g/mol. The van der Waals surface area contributed by atoms with E-state index in [0.29, 0.717) is 17.9 Å². The number of amidine groups is 1. The Morgan fingerprint density at radius 1 is 0.745 bits per heavy atom. The third-order valence-corrected chi connectivity index (χ3v) is 7.61. The van der Waals surface area contributed by atoms with E-state index < -0.39 is 6.09 Å². The zero-order chi connectivity index (χ0) is 32.8. The fourth-order valence-electron chi connectivity index (χ4n) is 5.18. The molecule has 2 amide bonds. The lowest BCUT2D eigenvalue weighted by Crippen LogP contribution is -2.25. The molecule has 0 saturated heterocycles. The Balaban J connectivity index is 1.22. The molecule has 5 aromatic carbocycles. The van der Waals surface area contributed by atoms with Crippen LogP contribution in [0.15, 0.2) is 132 Å². The largest absolute Gasteiger partial charge is 0.494 e. The van der Waals surface area contributed by atoms with Gasteiger partial charge in [0.25, 0.3) is 0 Å². The van der Waals surface area contributed by atoms with E-state index in [1.165, 1.54) is 5.56 Å². The molecular formula is C39H38N4O4. The predicted octanol–water partition coefficient (Wildman–Crippen LogP) is 6.92. The molecule has 0 spiro atoms. The monoisotopic (exact) mass is 626 g/mol. The van der Waals surface area contributed by atoms with Crippen LogP contribution in [-0.2, 0) is 35.5 Å². The van der Waals surface area contributed by atoms with Crippen molar-refractivity contribution < 1.29 is 19.1 Å². The van der Waals surface area contributed by atoms with Crippen LogP contribution in [0.3, 0.4) is 0 Å². The molecule has 0 atom stereocenters. The van der Waals surface area contributed by atoms with Gasteiger partial charge in [-0.2, -0.15) is 4.99 Å². The summed E-state index contributed by atoms with van der Waals surface area (Å²) >= 11 is 0. The molecule has 0 radical (unpaired) electrons. The lowest BCUT2D eigenvalue weighted by Gasteiger charge is -2.19. The molecule has 47 heavy (non-hydrogen) atoms. The molecule has 0 bridgehead atoms. The van der Waals surface area contributed by atoms with Crippen LogP contribution < -0.4 is 21.1 Å². The first kappa shape index (κ1) is 32.5. The Morgan fingerprint density at radius 3 is 2.04 bits per heavy atom. The molecule has 0 fully saturated rings. The summed E-state index contributed by atoms with van der Waals surface area (Å²) in [5.41, 5.74) is 13.2. The third-order valence-electron chi connectivity index (χ3n) is 7.61.